The molecule has 0 spiro atoms. The zero-order valence-electron chi connectivity index (χ0n) is 22.2. The Hall–Kier alpha value is -4.59. The highest BCUT2D eigenvalue weighted by molar-refractivity contribution is 6.51. The fourth-order valence-corrected chi connectivity index (χ4v) is 4.53. The number of hydrogen-bond acceptors (Lipinski definition) is 7. The lowest BCUT2D eigenvalue weighted by Gasteiger charge is -2.26. The monoisotopic (exact) mass is 529 g/mol. The summed E-state index contributed by atoms with van der Waals surface area (Å²) in [7, 11) is 2.78. The number of amides is 1. The van der Waals surface area contributed by atoms with E-state index in [2.05, 4.69) is 6.92 Å². The summed E-state index contributed by atoms with van der Waals surface area (Å²) in [5.41, 5.74) is 1.37. The predicted molar refractivity (Wildman–Crippen MR) is 147 cm³/mol. The number of aliphatic hydroxyl groups is 1. The highest BCUT2D eigenvalue weighted by Crippen LogP contribution is 2.43. The van der Waals surface area contributed by atoms with Gasteiger partial charge in [-0.1, -0.05) is 38.0 Å². The van der Waals surface area contributed by atoms with Crippen molar-refractivity contribution in [3.8, 4) is 11.5 Å². The summed E-state index contributed by atoms with van der Waals surface area (Å²) >= 11 is 0. The van der Waals surface area contributed by atoms with Gasteiger partial charge in [-0.05, 0) is 66.6 Å². The van der Waals surface area contributed by atoms with E-state index in [9.17, 15) is 19.5 Å². The zero-order valence-corrected chi connectivity index (χ0v) is 22.2. The van der Waals surface area contributed by atoms with Gasteiger partial charge in [0.15, 0.2) is 0 Å². The Labute approximate surface area is 227 Å². The maximum atomic E-state index is 13.4. The highest BCUT2D eigenvalue weighted by atomic mass is 16.5. The number of benzene rings is 3. The third-order valence-corrected chi connectivity index (χ3v) is 6.54. The molecule has 3 aromatic carbocycles. The molecule has 1 aliphatic heterocycles. The number of rotatable bonds is 10. The normalized spacial score (nSPS) is 16.3. The molecule has 1 unspecified atom stereocenters. The van der Waals surface area contributed by atoms with Crippen LogP contribution in [0.25, 0.3) is 5.76 Å². The van der Waals surface area contributed by atoms with Crippen LogP contribution in [-0.4, -0.2) is 43.6 Å². The van der Waals surface area contributed by atoms with Crippen LogP contribution in [-0.2, 0) is 14.3 Å². The fourth-order valence-electron chi connectivity index (χ4n) is 4.53. The molecule has 1 heterocycles. The van der Waals surface area contributed by atoms with E-state index in [-0.39, 0.29) is 16.9 Å². The summed E-state index contributed by atoms with van der Waals surface area (Å²) in [5.74, 6) is -1.40. The van der Waals surface area contributed by atoms with Crippen LogP contribution in [0.1, 0.15) is 53.7 Å². The summed E-state index contributed by atoms with van der Waals surface area (Å²) in [4.78, 5) is 40.3. The van der Waals surface area contributed by atoms with Crippen molar-refractivity contribution in [1.82, 2.24) is 0 Å². The molecule has 8 nitrogen and oxygen atoms in total. The number of carbonyl (C=O) groups is 3. The SMILES string of the molecule is CCCCCOc1ccc(/C(O)=C2\C(=O)C(=O)N(c3cccc(C(=O)OC)c3)C2c2cccc(OC)c2)cc1. The lowest BCUT2D eigenvalue weighted by molar-refractivity contribution is -0.132. The topological polar surface area (TPSA) is 102 Å². The van der Waals surface area contributed by atoms with E-state index in [1.54, 1.807) is 66.7 Å². The van der Waals surface area contributed by atoms with Gasteiger partial charge in [0.05, 0.1) is 38.0 Å². The van der Waals surface area contributed by atoms with E-state index in [4.69, 9.17) is 14.2 Å². The quantitative estimate of drug-likeness (QED) is 0.119. The number of ether oxygens (including phenoxy) is 3. The average Bonchev–Trinajstić information content (AvgIpc) is 3.24. The first-order valence-electron chi connectivity index (χ1n) is 12.8. The molecular formula is C31H31NO7. The lowest BCUT2D eigenvalue weighted by atomic mass is 9.95. The van der Waals surface area contributed by atoms with Gasteiger partial charge in [0, 0.05) is 11.3 Å². The number of Topliss-reactive ketones (excluding diaryl/α,β-unsaturated/α-hetero) is 1. The number of aliphatic hydroxyl groups excluding tert-OH is 1. The van der Waals surface area contributed by atoms with Gasteiger partial charge in [-0.25, -0.2) is 4.79 Å². The number of anilines is 1. The van der Waals surface area contributed by atoms with Gasteiger partial charge in [-0.2, -0.15) is 0 Å². The molecule has 0 aliphatic carbocycles. The molecule has 1 aliphatic rings. The van der Waals surface area contributed by atoms with Crippen molar-refractivity contribution in [1.29, 1.82) is 0 Å². The van der Waals surface area contributed by atoms with Crippen LogP contribution >= 0.6 is 0 Å². The maximum Gasteiger partial charge on any atom is 0.337 e. The molecule has 3 aromatic rings. The summed E-state index contributed by atoms with van der Waals surface area (Å²) < 4.78 is 16.0. The van der Waals surface area contributed by atoms with E-state index >= 15 is 0 Å². The summed E-state index contributed by atoms with van der Waals surface area (Å²) in [6.45, 7) is 2.71. The van der Waals surface area contributed by atoms with Crippen LogP contribution in [0.15, 0.2) is 78.4 Å². The van der Waals surface area contributed by atoms with E-state index < -0.39 is 23.7 Å². The molecule has 0 aromatic heterocycles. The number of carbonyl (C=O) groups excluding carboxylic acids is 3. The van der Waals surface area contributed by atoms with Crippen LogP contribution in [0.5, 0.6) is 11.5 Å². The van der Waals surface area contributed by atoms with Gasteiger partial charge in [0.25, 0.3) is 11.7 Å². The van der Waals surface area contributed by atoms with E-state index in [0.29, 0.717) is 34.9 Å². The molecule has 1 fully saturated rings. The lowest BCUT2D eigenvalue weighted by Crippen LogP contribution is -2.29. The first-order valence-corrected chi connectivity index (χ1v) is 12.8. The molecule has 4 rings (SSSR count). The largest absolute Gasteiger partial charge is 0.507 e. The molecule has 0 saturated carbocycles. The van der Waals surface area contributed by atoms with Crippen molar-refractivity contribution >= 4 is 29.1 Å². The number of nitrogens with zero attached hydrogens (tertiary/aromatic N) is 1. The second kappa shape index (κ2) is 12.3. The van der Waals surface area contributed by atoms with Crippen molar-refractivity contribution in [2.45, 2.75) is 32.2 Å². The average molecular weight is 530 g/mol. The Kier molecular flexibility index (Phi) is 8.66. The van der Waals surface area contributed by atoms with Crippen molar-refractivity contribution in [2.24, 2.45) is 0 Å². The molecule has 39 heavy (non-hydrogen) atoms. The predicted octanol–water partition coefficient (Wildman–Crippen LogP) is 5.68. The molecule has 202 valence electrons. The number of ketones is 1. The Balaban J connectivity index is 1.80. The standard InChI is InChI=1S/C31H31NO7/c1-4-5-6-17-39-24-15-13-20(14-16-24)28(33)26-27(21-9-8-12-25(19-21)37-2)32(30(35)29(26)34)23-11-7-10-22(18-23)31(36)38-3/h7-16,18-19,27,33H,4-6,17H2,1-3H3/b28-26+. The van der Waals surface area contributed by atoms with Gasteiger partial charge in [-0.3, -0.25) is 14.5 Å². The maximum absolute atomic E-state index is 13.4. The van der Waals surface area contributed by atoms with Crippen LogP contribution < -0.4 is 14.4 Å². The first-order chi connectivity index (χ1) is 18.9. The number of methoxy groups -OCH3 is 2. The molecule has 0 radical (unpaired) electrons. The van der Waals surface area contributed by atoms with Gasteiger partial charge >= 0.3 is 5.97 Å². The molecule has 8 heteroatoms. The minimum Gasteiger partial charge on any atom is -0.507 e. The van der Waals surface area contributed by atoms with Crippen LogP contribution in [0.3, 0.4) is 0 Å². The Morgan fingerprint density at radius 3 is 2.33 bits per heavy atom. The minimum atomic E-state index is -0.974. The number of hydrogen-bond donors (Lipinski definition) is 1. The molecule has 1 N–H and O–H groups in total. The van der Waals surface area contributed by atoms with Gasteiger partial charge in [0.1, 0.15) is 17.3 Å². The van der Waals surface area contributed by atoms with E-state index in [0.717, 1.165) is 19.3 Å². The van der Waals surface area contributed by atoms with Crippen LogP contribution in [0, 0.1) is 0 Å². The minimum absolute atomic E-state index is 0.0756. The van der Waals surface area contributed by atoms with Crippen LogP contribution in [0.2, 0.25) is 0 Å². The fraction of sp³-hybridized carbons (Fsp3) is 0.258. The van der Waals surface area contributed by atoms with Gasteiger partial charge in [-0.15, -0.1) is 0 Å². The number of esters is 1. The van der Waals surface area contributed by atoms with Crippen LogP contribution in [0.4, 0.5) is 5.69 Å². The Bertz CT molecular complexity index is 1390. The number of unbranched alkanes of at least 4 members (excludes halogenated alkanes) is 2. The first kappa shape index (κ1) is 27.4. The van der Waals surface area contributed by atoms with Crippen molar-refractivity contribution in [3.05, 3.63) is 95.1 Å². The van der Waals surface area contributed by atoms with Crippen molar-refractivity contribution in [2.75, 3.05) is 25.7 Å². The third-order valence-electron chi connectivity index (χ3n) is 6.54. The van der Waals surface area contributed by atoms with Crippen molar-refractivity contribution < 1.29 is 33.7 Å². The van der Waals surface area contributed by atoms with Crippen molar-refractivity contribution in [3.63, 3.8) is 0 Å². The summed E-state index contributed by atoms with van der Waals surface area (Å²) in [5, 5.41) is 11.4. The zero-order chi connectivity index (χ0) is 27.9. The highest BCUT2D eigenvalue weighted by Gasteiger charge is 2.47. The van der Waals surface area contributed by atoms with Gasteiger partial charge in [0.2, 0.25) is 0 Å². The molecule has 0 bridgehead atoms. The van der Waals surface area contributed by atoms with E-state index in [1.165, 1.54) is 25.2 Å². The second-order valence-electron chi connectivity index (χ2n) is 9.07. The summed E-state index contributed by atoms with van der Waals surface area (Å²) in [6.07, 6.45) is 3.11. The van der Waals surface area contributed by atoms with Gasteiger partial charge < -0.3 is 19.3 Å². The Morgan fingerprint density at radius 1 is 0.897 bits per heavy atom. The smallest absolute Gasteiger partial charge is 0.337 e. The summed E-state index contributed by atoms with van der Waals surface area (Å²) in [6, 6.07) is 19.0. The second-order valence-corrected chi connectivity index (χ2v) is 9.07. The molecular weight excluding hydrogens is 498 g/mol. The third kappa shape index (κ3) is 5.80. The molecule has 1 amide bonds. The molecule has 1 atom stereocenters. The molecule has 1 saturated heterocycles. The Morgan fingerprint density at radius 2 is 1.64 bits per heavy atom. The van der Waals surface area contributed by atoms with E-state index in [1.807, 2.05) is 0 Å².